The first-order valence-corrected chi connectivity index (χ1v) is 8.61. The summed E-state index contributed by atoms with van der Waals surface area (Å²) in [4.78, 5) is 0. The third-order valence-electron chi connectivity index (χ3n) is 6.45. The van der Waals surface area contributed by atoms with E-state index >= 15 is 0 Å². The summed E-state index contributed by atoms with van der Waals surface area (Å²) in [6.07, 6.45) is 12.9. The summed E-state index contributed by atoms with van der Waals surface area (Å²) in [5, 5.41) is 0. The number of hydrazine groups is 1. The minimum atomic E-state index is 0.561. The van der Waals surface area contributed by atoms with E-state index in [2.05, 4.69) is 19.3 Å². The second-order valence-electron chi connectivity index (χ2n) is 8.13. The molecule has 110 valence electrons. The maximum absolute atomic E-state index is 5.99. The van der Waals surface area contributed by atoms with E-state index in [-0.39, 0.29) is 0 Å². The number of rotatable bonds is 6. The minimum Gasteiger partial charge on any atom is -0.271 e. The topological polar surface area (TPSA) is 38.0 Å². The second-order valence-corrected chi connectivity index (χ2v) is 8.13. The van der Waals surface area contributed by atoms with Gasteiger partial charge in [-0.15, -0.1) is 0 Å². The Morgan fingerprint density at radius 2 is 1.63 bits per heavy atom. The summed E-state index contributed by atoms with van der Waals surface area (Å²) in [6.45, 7) is 4.71. The van der Waals surface area contributed by atoms with Crippen molar-refractivity contribution in [2.75, 3.05) is 0 Å². The standard InChI is InChI=1S/C17H32N2/c1-3-4-12(2)5-16(19-18)17-9-13-6-14(10-17)8-15(7-13)11-17/h12-16,19H,3-11,18H2,1-2H3. The molecule has 0 amide bonds. The van der Waals surface area contributed by atoms with Crippen LogP contribution in [0.5, 0.6) is 0 Å². The molecule has 0 saturated heterocycles. The van der Waals surface area contributed by atoms with Gasteiger partial charge in [0, 0.05) is 6.04 Å². The highest BCUT2D eigenvalue weighted by Crippen LogP contribution is 2.61. The molecule has 3 N–H and O–H groups in total. The Morgan fingerprint density at radius 1 is 1.11 bits per heavy atom. The lowest BCUT2D eigenvalue weighted by Crippen LogP contribution is -2.57. The molecule has 2 nitrogen and oxygen atoms in total. The van der Waals surface area contributed by atoms with Crippen LogP contribution < -0.4 is 11.3 Å². The highest BCUT2D eigenvalue weighted by molar-refractivity contribution is 5.05. The van der Waals surface area contributed by atoms with E-state index in [4.69, 9.17) is 5.84 Å². The van der Waals surface area contributed by atoms with Gasteiger partial charge in [-0.05, 0) is 74.0 Å². The van der Waals surface area contributed by atoms with Crippen LogP contribution in [0.15, 0.2) is 0 Å². The molecule has 4 saturated carbocycles. The first-order chi connectivity index (χ1) is 9.15. The van der Waals surface area contributed by atoms with Gasteiger partial charge in [0.2, 0.25) is 0 Å². The molecule has 4 rings (SSSR count). The maximum atomic E-state index is 5.99. The van der Waals surface area contributed by atoms with Gasteiger partial charge in [-0.2, -0.15) is 0 Å². The van der Waals surface area contributed by atoms with Gasteiger partial charge in [0.1, 0.15) is 0 Å². The molecule has 0 aromatic rings. The molecule has 4 aliphatic rings. The predicted molar refractivity (Wildman–Crippen MR) is 80.4 cm³/mol. The van der Waals surface area contributed by atoms with Gasteiger partial charge < -0.3 is 0 Å². The Morgan fingerprint density at radius 3 is 2.05 bits per heavy atom. The molecule has 2 unspecified atom stereocenters. The van der Waals surface area contributed by atoms with E-state index < -0.39 is 0 Å². The van der Waals surface area contributed by atoms with Crippen molar-refractivity contribution in [2.45, 2.75) is 77.7 Å². The molecule has 0 aromatic carbocycles. The van der Waals surface area contributed by atoms with Crippen molar-refractivity contribution in [1.29, 1.82) is 0 Å². The summed E-state index contributed by atoms with van der Waals surface area (Å²) in [6, 6.07) is 0.572. The quantitative estimate of drug-likeness (QED) is 0.565. The average molecular weight is 264 g/mol. The van der Waals surface area contributed by atoms with Gasteiger partial charge in [0.15, 0.2) is 0 Å². The summed E-state index contributed by atoms with van der Waals surface area (Å²) in [7, 11) is 0. The zero-order chi connectivity index (χ0) is 13.5. The fourth-order valence-corrected chi connectivity index (χ4v) is 6.11. The number of nitrogens with two attached hydrogens (primary N) is 1. The molecule has 0 heterocycles. The van der Waals surface area contributed by atoms with Crippen molar-refractivity contribution in [3.05, 3.63) is 0 Å². The fourth-order valence-electron chi connectivity index (χ4n) is 6.11. The largest absolute Gasteiger partial charge is 0.271 e. The van der Waals surface area contributed by atoms with Crippen molar-refractivity contribution in [1.82, 2.24) is 5.43 Å². The van der Waals surface area contributed by atoms with Crippen molar-refractivity contribution < 1.29 is 0 Å². The van der Waals surface area contributed by atoms with Crippen LogP contribution in [0, 0.1) is 29.1 Å². The predicted octanol–water partition coefficient (Wildman–Crippen LogP) is 3.86. The molecular weight excluding hydrogens is 232 g/mol. The number of nitrogens with one attached hydrogen (secondary N) is 1. The molecule has 2 atom stereocenters. The molecule has 0 radical (unpaired) electrons. The van der Waals surface area contributed by atoms with Crippen LogP contribution in [0.1, 0.15) is 71.6 Å². The molecule has 4 fully saturated rings. The first kappa shape index (κ1) is 13.9. The van der Waals surface area contributed by atoms with Gasteiger partial charge in [-0.3, -0.25) is 11.3 Å². The van der Waals surface area contributed by atoms with E-state index in [9.17, 15) is 0 Å². The lowest BCUT2D eigenvalue weighted by Gasteiger charge is -2.59. The van der Waals surface area contributed by atoms with Crippen molar-refractivity contribution in [3.8, 4) is 0 Å². The zero-order valence-electron chi connectivity index (χ0n) is 12.8. The van der Waals surface area contributed by atoms with E-state index in [1.165, 1.54) is 57.8 Å². The third-order valence-corrected chi connectivity index (χ3v) is 6.45. The molecule has 19 heavy (non-hydrogen) atoms. The van der Waals surface area contributed by atoms with Crippen LogP contribution in [0.25, 0.3) is 0 Å². The van der Waals surface area contributed by atoms with E-state index in [1.807, 2.05) is 0 Å². The first-order valence-electron chi connectivity index (χ1n) is 8.61. The molecule has 0 aliphatic heterocycles. The highest BCUT2D eigenvalue weighted by Gasteiger charge is 2.53. The molecule has 2 heteroatoms. The third kappa shape index (κ3) is 2.58. The molecule has 4 aliphatic carbocycles. The smallest absolute Gasteiger partial charge is 0.0269 e. The summed E-state index contributed by atoms with van der Waals surface area (Å²) < 4.78 is 0. The van der Waals surface area contributed by atoms with Gasteiger partial charge in [-0.25, -0.2) is 0 Å². The molecule has 0 spiro atoms. The number of hydrogen-bond donors (Lipinski definition) is 2. The van der Waals surface area contributed by atoms with Crippen LogP contribution in [-0.4, -0.2) is 6.04 Å². The summed E-state index contributed by atoms with van der Waals surface area (Å²) in [5.74, 6) is 9.90. The van der Waals surface area contributed by atoms with Crippen LogP contribution in [0.3, 0.4) is 0 Å². The lowest BCUT2D eigenvalue weighted by atomic mass is 9.47. The van der Waals surface area contributed by atoms with E-state index in [1.54, 1.807) is 0 Å². The SMILES string of the molecule is CCCC(C)CC(NN)C12CC3CC(CC(C3)C1)C2. The Kier molecular flexibility index (Phi) is 3.92. The Hall–Kier alpha value is -0.0800. The zero-order valence-corrected chi connectivity index (χ0v) is 12.8. The molecule has 0 aromatic heterocycles. The lowest BCUT2D eigenvalue weighted by molar-refractivity contribution is -0.0776. The summed E-state index contributed by atoms with van der Waals surface area (Å²) >= 11 is 0. The Bertz CT molecular complexity index is 277. The van der Waals surface area contributed by atoms with Gasteiger partial charge >= 0.3 is 0 Å². The van der Waals surface area contributed by atoms with E-state index in [0.717, 1.165) is 23.7 Å². The van der Waals surface area contributed by atoms with Gasteiger partial charge in [0.25, 0.3) is 0 Å². The van der Waals surface area contributed by atoms with Crippen molar-refractivity contribution in [3.63, 3.8) is 0 Å². The molecule has 4 bridgehead atoms. The minimum absolute atomic E-state index is 0.561. The Labute approximate surface area is 118 Å². The number of hydrogen-bond acceptors (Lipinski definition) is 2. The highest BCUT2D eigenvalue weighted by atomic mass is 15.2. The van der Waals surface area contributed by atoms with Gasteiger partial charge in [0.05, 0.1) is 0 Å². The van der Waals surface area contributed by atoms with Crippen molar-refractivity contribution >= 4 is 0 Å². The van der Waals surface area contributed by atoms with Gasteiger partial charge in [-0.1, -0.05) is 26.7 Å². The monoisotopic (exact) mass is 264 g/mol. The summed E-state index contributed by atoms with van der Waals surface area (Å²) in [5.41, 5.74) is 3.81. The van der Waals surface area contributed by atoms with Crippen LogP contribution in [0.2, 0.25) is 0 Å². The molecular formula is C17H32N2. The average Bonchev–Trinajstić information content (AvgIpc) is 2.34. The van der Waals surface area contributed by atoms with Crippen LogP contribution in [0.4, 0.5) is 0 Å². The Balaban J connectivity index is 1.71. The maximum Gasteiger partial charge on any atom is 0.0269 e. The normalized spacial score (nSPS) is 43.4. The fraction of sp³-hybridized carbons (Fsp3) is 1.00. The van der Waals surface area contributed by atoms with Crippen LogP contribution in [-0.2, 0) is 0 Å². The van der Waals surface area contributed by atoms with E-state index in [0.29, 0.717) is 11.5 Å². The van der Waals surface area contributed by atoms with Crippen LogP contribution >= 0.6 is 0 Å². The second kappa shape index (κ2) is 5.37. The van der Waals surface area contributed by atoms with Crippen molar-refractivity contribution in [2.24, 2.45) is 34.9 Å².